The molecule has 0 aromatic heterocycles. The first-order valence-electron chi connectivity index (χ1n) is 18.9. The highest BCUT2D eigenvalue weighted by molar-refractivity contribution is 5.83. The number of ether oxygens (including phenoxy) is 2. The van der Waals surface area contributed by atoms with E-state index < -0.39 is 49.3 Å². The van der Waals surface area contributed by atoms with Crippen LogP contribution in [0.4, 0.5) is 0 Å². The first-order valence-corrected chi connectivity index (χ1v) is 18.9. The van der Waals surface area contributed by atoms with Gasteiger partial charge in [-0.05, 0) is 116 Å². The number of benzene rings is 1. The van der Waals surface area contributed by atoms with Crippen LogP contribution < -0.4 is 5.32 Å². The van der Waals surface area contributed by atoms with E-state index in [9.17, 15) is 35.1 Å². The summed E-state index contributed by atoms with van der Waals surface area (Å²) in [4.78, 5) is 24.9. The van der Waals surface area contributed by atoms with Crippen LogP contribution in [-0.4, -0.2) is 86.9 Å². The van der Waals surface area contributed by atoms with E-state index in [4.69, 9.17) is 9.47 Å². The second-order valence-electron chi connectivity index (χ2n) is 16.8. The predicted octanol–water partition coefficient (Wildman–Crippen LogP) is 4.06. The Bertz CT molecular complexity index is 1290. The minimum atomic E-state index is -1.43. The summed E-state index contributed by atoms with van der Waals surface area (Å²) in [6, 6.07) is 8.49. The molecule has 10 heteroatoms. The number of carbonyl (C=O) groups is 2. The highest BCUT2D eigenvalue weighted by atomic mass is 16.7. The summed E-state index contributed by atoms with van der Waals surface area (Å²) in [6.45, 7) is 6.85. The minimum Gasteiger partial charge on any atom is -0.480 e. The molecule has 15 atom stereocenters. The second kappa shape index (κ2) is 14.9. The van der Waals surface area contributed by atoms with E-state index in [2.05, 4.69) is 26.1 Å². The number of fused-ring (bicyclic) bond motifs is 5. The number of carboxylic acid groups (broad SMARTS) is 1. The summed E-state index contributed by atoms with van der Waals surface area (Å²) in [5.41, 5.74) is 1.36. The number of hydrogen-bond donors (Lipinski definition) is 6. The minimum absolute atomic E-state index is 0.108. The lowest BCUT2D eigenvalue weighted by Crippen LogP contribution is -2.60. The lowest BCUT2D eigenvalue weighted by atomic mass is 9.44. The Morgan fingerprint density at radius 1 is 0.939 bits per heavy atom. The van der Waals surface area contributed by atoms with Crippen molar-refractivity contribution in [2.45, 2.75) is 141 Å². The zero-order chi connectivity index (χ0) is 35.1. The van der Waals surface area contributed by atoms with Crippen molar-refractivity contribution in [1.82, 2.24) is 5.32 Å². The molecule has 5 fully saturated rings. The summed E-state index contributed by atoms with van der Waals surface area (Å²) in [7, 11) is 0. The molecule has 5 aliphatic rings. The van der Waals surface area contributed by atoms with E-state index in [-0.39, 0.29) is 29.3 Å². The molecule has 0 bridgehead atoms. The van der Waals surface area contributed by atoms with Gasteiger partial charge in [-0.15, -0.1) is 0 Å². The SMILES string of the molecule is C[C@H](CCC(=O)N[C@@H](Cc1ccccc1)C(=O)O)[C@H]1CC[C@H]2[C@@H]3CC[C@@H]4C[C@H](O[C@@H]5O[C@H](CO)[C@@H](O)[C@H](O)[C@H]5O)CC[C@]4(C)[C@H]3CC[C@]12C. The van der Waals surface area contributed by atoms with Crippen LogP contribution in [0.2, 0.25) is 0 Å². The average molecular weight is 686 g/mol. The van der Waals surface area contributed by atoms with Gasteiger partial charge >= 0.3 is 5.97 Å². The molecule has 1 heterocycles. The molecule has 4 aliphatic carbocycles. The molecule has 49 heavy (non-hydrogen) atoms. The average Bonchev–Trinajstić information content (AvgIpc) is 3.45. The molecule has 0 radical (unpaired) electrons. The molecule has 1 aromatic rings. The smallest absolute Gasteiger partial charge is 0.326 e. The zero-order valence-corrected chi connectivity index (χ0v) is 29.5. The molecule has 1 aromatic carbocycles. The summed E-state index contributed by atoms with van der Waals surface area (Å²) in [5.74, 6) is 2.29. The van der Waals surface area contributed by atoms with Gasteiger partial charge in [0.05, 0.1) is 12.7 Å². The third-order valence-corrected chi connectivity index (χ3v) is 14.3. The van der Waals surface area contributed by atoms with Gasteiger partial charge in [0, 0.05) is 12.8 Å². The van der Waals surface area contributed by atoms with Crippen molar-refractivity contribution in [3.63, 3.8) is 0 Å². The number of aliphatic hydroxyl groups is 4. The fourth-order valence-corrected chi connectivity index (χ4v) is 11.6. The molecule has 274 valence electrons. The lowest BCUT2D eigenvalue weighted by Gasteiger charge is -2.61. The van der Waals surface area contributed by atoms with Gasteiger partial charge in [-0.25, -0.2) is 4.79 Å². The van der Waals surface area contributed by atoms with Gasteiger partial charge in [-0.2, -0.15) is 0 Å². The molecule has 1 amide bonds. The molecule has 0 unspecified atom stereocenters. The number of aliphatic carboxylic acids is 1. The normalized spacial score (nSPS) is 43.0. The van der Waals surface area contributed by atoms with Crippen molar-refractivity contribution in [2.75, 3.05) is 6.61 Å². The summed E-state index contributed by atoms with van der Waals surface area (Å²) < 4.78 is 11.9. The Morgan fingerprint density at radius 3 is 2.37 bits per heavy atom. The summed E-state index contributed by atoms with van der Waals surface area (Å²) in [6.07, 6.45) is 5.01. The van der Waals surface area contributed by atoms with E-state index in [1.165, 1.54) is 32.1 Å². The number of hydrogen-bond acceptors (Lipinski definition) is 8. The molecule has 1 aliphatic heterocycles. The number of amides is 1. The van der Waals surface area contributed by atoms with Gasteiger partial charge in [0.15, 0.2) is 6.29 Å². The van der Waals surface area contributed by atoms with Crippen molar-refractivity contribution < 1.29 is 44.6 Å². The van der Waals surface area contributed by atoms with E-state index in [1.54, 1.807) is 0 Å². The fourth-order valence-electron chi connectivity index (χ4n) is 11.6. The molecule has 6 N–H and O–H groups in total. The van der Waals surface area contributed by atoms with Crippen LogP contribution in [0.25, 0.3) is 0 Å². The van der Waals surface area contributed by atoms with Crippen molar-refractivity contribution in [2.24, 2.45) is 46.3 Å². The number of nitrogens with one attached hydrogen (secondary N) is 1. The number of carbonyl (C=O) groups excluding carboxylic acids is 1. The van der Waals surface area contributed by atoms with Gasteiger partial charge in [0.2, 0.25) is 5.91 Å². The van der Waals surface area contributed by atoms with Crippen LogP contribution in [0.5, 0.6) is 0 Å². The van der Waals surface area contributed by atoms with Gasteiger partial charge < -0.3 is 40.3 Å². The Kier molecular flexibility index (Phi) is 11.1. The first kappa shape index (κ1) is 36.7. The maximum absolute atomic E-state index is 13.0. The Hall–Kier alpha value is -2.08. The highest BCUT2D eigenvalue weighted by Gasteiger charge is 2.61. The Morgan fingerprint density at radius 2 is 1.65 bits per heavy atom. The van der Waals surface area contributed by atoms with Crippen LogP contribution in [0.15, 0.2) is 30.3 Å². The molecule has 6 rings (SSSR count). The molecular formula is C39H59NO9. The second-order valence-corrected chi connectivity index (χ2v) is 16.8. The zero-order valence-electron chi connectivity index (χ0n) is 29.5. The number of aliphatic hydroxyl groups excluding tert-OH is 4. The number of rotatable bonds is 11. The van der Waals surface area contributed by atoms with E-state index >= 15 is 0 Å². The first-order chi connectivity index (χ1) is 23.4. The van der Waals surface area contributed by atoms with Crippen molar-refractivity contribution in [1.29, 1.82) is 0 Å². The monoisotopic (exact) mass is 685 g/mol. The molecule has 1 saturated heterocycles. The van der Waals surface area contributed by atoms with Crippen LogP contribution in [0.3, 0.4) is 0 Å². The summed E-state index contributed by atoms with van der Waals surface area (Å²) in [5, 5.41) is 53.1. The maximum atomic E-state index is 13.0. The van der Waals surface area contributed by atoms with Crippen LogP contribution in [-0.2, 0) is 25.5 Å². The van der Waals surface area contributed by atoms with Crippen LogP contribution in [0.1, 0.15) is 97.0 Å². The maximum Gasteiger partial charge on any atom is 0.326 e. The molecule has 4 saturated carbocycles. The van der Waals surface area contributed by atoms with Gasteiger partial charge in [-0.3, -0.25) is 4.79 Å². The third-order valence-electron chi connectivity index (χ3n) is 14.3. The summed E-state index contributed by atoms with van der Waals surface area (Å²) >= 11 is 0. The van der Waals surface area contributed by atoms with Gasteiger partial charge in [-0.1, -0.05) is 51.1 Å². The molecule has 0 spiro atoms. The van der Waals surface area contributed by atoms with E-state index in [1.807, 2.05) is 30.3 Å². The fraction of sp³-hybridized carbons (Fsp3) is 0.795. The van der Waals surface area contributed by atoms with Crippen molar-refractivity contribution >= 4 is 11.9 Å². The highest BCUT2D eigenvalue weighted by Crippen LogP contribution is 2.68. The molecular weight excluding hydrogens is 626 g/mol. The van der Waals surface area contributed by atoms with E-state index in [0.717, 1.165) is 37.7 Å². The van der Waals surface area contributed by atoms with Crippen molar-refractivity contribution in [3.05, 3.63) is 35.9 Å². The third kappa shape index (κ3) is 7.20. The van der Waals surface area contributed by atoms with Gasteiger partial charge in [0.1, 0.15) is 30.5 Å². The van der Waals surface area contributed by atoms with Crippen LogP contribution in [0, 0.1) is 46.3 Å². The largest absolute Gasteiger partial charge is 0.480 e. The standard InChI is InChI=1S/C39H59NO9/c1-22(9-14-32(42)40-30(36(46)47)19-23-7-5-4-6-8-23)27-12-13-28-26-11-10-24-20-25(15-17-38(24,2)29(26)16-18-39(27,28)3)48-37-35(45)34(44)33(43)31(21-41)49-37/h4-8,22,24-31,33-35,37,41,43-45H,9-21H2,1-3H3,(H,40,42)(H,46,47)/t22-,24-,25-,26+,27-,28+,29+,30+,31-,33-,34+,35-,37-,38+,39-/m1/s1. The molecule has 10 nitrogen and oxygen atoms in total. The van der Waals surface area contributed by atoms with Crippen molar-refractivity contribution in [3.8, 4) is 0 Å². The van der Waals surface area contributed by atoms with Crippen LogP contribution >= 0.6 is 0 Å². The predicted molar refractivity (Wildman–Crippen MR) is 182 cm³/mol. The van der Waals surface area contributed by atoms with Gasteiger partial charge in [0.25, 0.3) is 0 Å². The quantitative estimate of drug-likeness (QED) is 0.189. The Labute approximate surface area is 291 Å². The Balaban J connectivity index is 1.03. The topological polar surface area (TPSA) is 166 Å². The lowest BCUT2D eigenvalue weighted by molar-refractivity contribution is -0.316. The number of carboxylic acids is 1. The van der Waals surface area contributed by atoms with E-state index in [0.29, 0.717) is 41.9 Å².